The van der Waals surface area contributed by atoms with Crippen LogP contribution in [0.25, 0.3) is 0 Å². The van der Waals surface area contributed by atoms with Gasteiger partial charge in [0.25, 0.3) is 5.91 Å². The number of rotatable bonds is 8. The third kappa shape index (κ3) is 6.06. The van der Waals surface area contributed by atoms with E-state index in [1.165, 1.54) is 23.8 Å². The van der Waals surface area contributed by atoms with E-state index in [1.807, 2.05) is 24.3 Å². The molecule has 0 aliphatic heterocycles. The van der Waals surface area contributed by atoms with Crippen molar-refractivity contribution in [1.82, 2.24) is 5.32 Å². The van der Waals surface area contributed by atoms with E-state index >= 15 is 0 Å². The van der Waals surface area contributed by atoms with E-state index in [0.717, 1.165) is 10.9 Å². The molecule has 0 spiro atoms. The van der Waals surface area contributed by atoms with E-state index in [1.54, 1.807) is 6.92 Å². The van der Waals surface area contributed by atoms with Gasteiger partial charge in [-0.1, -0.05) is 41.9 Å². The van der Waals surface area contributed by atoms with Gasteiger partial charge in [-0.25, -0.2) is 0 Å². The van der Waals surface area contributed by atoms with Crippen molar-refractivity contribution in [1.29, 1.82) is 0 Å². The van der Waals surface area contributed by atoms with Crippen molar-refractivity contribution >= 4 is 27.5 Å². The summed E-state index contributed by atoms with van der Waals surface area (Å²) in [5.74, 6) is -0.181. The minimum absolute atomic E-state index is 0.162. The summed E-state index contributed by atoms with van der Waals surface area (Å²) in [6, 6.07) is 12.3. The van der Waals surface area contributed by atoms with Gasteiger partial charge >= 0.3 is 5.69 Å². The highest BCUT2D eigenvalue weighted by Crippen LogP contribution is 2.28. The van der Waals surface area contributed by atoms with E-state index < -0.39 is 4.92 Å². The number of nitro benzene ring substituents is 1. The Labute approximate surface area is 167 Å². The van der Waals surface area contributed by atoms with Crippen LogP contribution in [0, 0.1) is 15.5 Å². The predicted octanol–water partition coefficient (Wildman–Crippen LogP) is 4.75. The van der Waals surface area contributed by atoms with Crippen molar-refractivity contribution in [3.8, 4) is 5.75 Å². The Morgan fingerprint density at radius 2 is 1.89 bits per heavy atom. The van der Waals surface area contributed by atoms with E-state index in [0.29, 0.717) is 13.2 Å². The van der Waals surface area contributed by atoms with Crippen LogP contribution >= 0.6 is 15.9 Å². The average molecular weight is 435 g/mol. The lowest BCUT2D eigenvalue weighted by Crippen LogP contribution is -2.35. The molecule has 0 saturated heterocycles. The fourth-order valence-corrected chi connectivity index (χ4v) is 2.98. The third-order valence-corrected chi connectivity index (χ3v) is 4.57. The maximum absolute atomic E-state index is 12.5. The van der Waals surface area contributed by atoms with E-state index in [-0.39, 0.29) is 28.3 Å². The summed E-state index contributed by atoms with van der Waals surface area (Å²) in [7, 11) is 0. The second kappa shape index (κ2) is 8.99. The van der Waals surface area contributed by atoms with Gasteiger partial charge in [-0.05, 0) is 48.6 Å². The van der Waals surface area contributed by atoms with Crippen LogP contribution in [0.15, 0.2) is 46.9 Å². The van der Waals surface area contributed by atoms with Gasteiger partial charge in [-0.15, -0.1) is 0 Å². The van der Waals surface area contributed by atoms with Gasteiger partial charge in [-0.3, -0.25) is 14.9 Å². The molecule has 144 valence electrons. The quantitative estimate of drug-likeness (QED) is 0.479. The number of benzene rings is 2. The lowest BCUT2D eigenvalue weighted by molar-refractivity contribution is -0.385. The van der Waals surface area contributed by atoms with Crippen LogP contribution in [-0.2, 0) is 6.42 Å². The van der Waals surface area contributed by atoms with Crippen LogP contribution in [0.5, 0.6) is 5.75 Å². The maximum Gasteiger partial charge on any atom is 0.311 e. The Kier molecular flexibility index (Phi) is 6.96. The van der Waals surface area contributed by atoms with Crippen LogP contribution in [0.3, 0.4) is 0 Å². The molecule has 0 aromatic heterocycles. The molecule has 0 aliphatic rings. The van der Waals surface area contributed by atoms with Crippen molar-refractivity contribution < 1.29 is 14.5 Å². The summed E-state index contributed by atoms with van der Waals surface area (Å²) < 4.78 is 6.27. The molecule has 0 heterocycles. The first kappa shape index (κ1) is 20.9. The van der Waals surface area contributed by atoms with Crippen LogP contribution in [-0.4, -0.2) is 24.0 Å². The number of amides is 1. The first-order chi connectivity index (χ1) is 12.7. The minimum atomic E-state index is -0.542. The third-order valence-electron chi connectivity index (χ3n) is 4.04. The smallest absolute Gasteiger partial charge is 0.311 e. The normalized spacial score (nSPS) is 11.1. The zero-order valence-corrected chi connectivity index (χ0v) is 17.2. The monoisotopic (exact) mass is 434 g/mol. The molecule has 7 heteroatoms. The number of nitrogens with one attached hydrogen (secondary N) is 1. The highest BCUT2D eigenvalue weighted by atomic mass is 79.9. The SMILES string of the molecule is CCOc1ccc(C(=O)NCC(C)(C)Cc2ccc(Br)cc2)cc1[N+](=O)[O-]. The Morgan fingerprint density at radius 1 is 1.22 bits per heavy atom. The highest BCUT2D eigenvalue weighted by molar-refractivity contribution is 9.10. The van der Waals surface area contributed by atoms with Gasteiger partial charge in [0.1, 0.15) is 0 Å². The standard InChI is InChI=1S/C20H23BrN2O4/c1-4-27-18-10-7-15(11-17(18)23(25)26)19(24)22-13-20(2,3)12-14-5-8-16(21)9-6-14/h5-11H,4,12-13H2,1-3H3,(H,22,24). The number of nitrogens with zero attached hydrogens (tertiary/aromatic N) is 1. The topological polar surface area (TPSA) is 81.5 Å². The number of carbonyl (C=O) groups excluding carboxylic acids is 1. The van der Waals surface area contributed by atoms with Crippen molar-refractivity contribution in [2.24, 2.45) is 5.41 Å². The fraction of sp³-hybridized carbons (Fsp3) is 0.350. The second-order valence-corrected chi connectivity index (χ2v) is 7.94. The molecule has 0 radical (unpaired) electrons. The van der Waals surface area contributed by atoms with Gasteiger partial charge in [0, 0.05) is 22.6 Å². The summed E-state index contributed by atoms with van der Waals surface area (Å²) in [4.78, 5) is 23.1. The molecule has 6 nitrogen and oxygen atoms in total. The van der Waals surface area contributed by atoms with Crippen molar-refractivity contribution in [3.63, 3.8) is 0 Å². The van der Waals surface area contributed by atoms with E-state index in [2.05, 4.69) is 35.1 Å². The summed E-state index contributed by atoms with van der Waals surface area (Å²) in [5, 5.41) is 14.1. The first-order valence-electron chi connectivity index (χ1n) is 8.66. The molecule has 0 fully saturated rings. The largest absolute Gasteiger partial charge is 0.487 e. The van der Waals surface area contributed by atoms with Crippen molar-refractivity contribution in [3.05, 3.63) is 68.2 Å². The Morgan fingerprint density at radius 3 is 2.48 bits per heavy atom. The molecule has 1 amide bonds. The summed E-state index contributed by atoms with van der Waals surface area (Å²) in [6.45, 7) is 6.64. The summed E-state index contributed by atoms with van der Waals surface area (Å²) in [5.41, 5.74) is 1.04. The zero-order valence-electron chi connectivity index (χ0n) is 15.6. The zero-order chi connectivity index (χ0) is 20.0. The van der Waals surface area contributed by atoms with Gasteiger partial charge in [0.2, 0.25) is 0 Å². The van der Waals surface area contributed by atoms with Crippen molar-refractivity contribution in [2.45, 2.75) is 27.2 Å². The van der Waals surface area contributed by atoms with Gasteiger partial charge < -0.3 is 10.1 Å². The van der Waals surface area contributed by atoms with E-state index in [9.17, 15) is 14.9 Å². The number of ether oxygens (including phenoxy) is 1. The van der Waals surface area contributed by atoms with Crippen molar-refractivity contribution in [2.75, 3.05) is 13.2 Å². The predicted molar refractivity (Wildman–Crippen MR) is 108 cm³/mol. The fourth-order valence-electron chi connectivity index (χ4n) is 2.72. The molecule has 2 rings (SSSR count). The molecule has 0 atom stereocenters. The molecule has 2 aromatic carbocycles. The molecular formula is C20H23BrN2O4. The molecule has 0 saturated carbocycles. The number of carbonyl (C=O) groups is 1. The van der Waals surface area contributed by atoms with Gasteiger partial charge in [0.05, 0.1) is 11.5 Å². The van der Waals surface area contributed by atoms with Gasteiger partial charge in [-0.2, -0.15) is 0 Å². The van der Waals surface area contributed by atoms with Crippen LogP contribution in [0.4, 0.5) is 5.69 Å². The van der Waals surface area contributed by atoms with Crippen LogP contribution in [0.2, 0.25) is 0 Å². The molecule has 2 aromatic rings. The van der Waals surface area contributed by atoms with Gasteiger partial charge in [0.15, 0.2) is 5.75 Å². The van der Waals surface area contributed by atoms with Crippen LogP contribution in [0.1, 0.15) is 36.7 Å². The molecule has 0 unspecified atom stereocenters. The number of hydrogen-bond acceptors (Lipinski definition) is 4. The minimum Gasteiger partial charge on any atom is -0.487 e. The summed E-state index contributed by atoms with van der Waals surface area (Å²) >= 11 is 3.42. The highest BCUT2D eigenvalue weighted by Gasteiger charge is 2.22. The summed E-state index contributed by atoms with van der Waals surface area (Å²) in [6.07, 6.45) is 0.796. The molecule has 1 N–H and O–H groups in total. The number of nitro groups is 1. The Balaban J connectivity index is 2.04. The average Bonchev–Trinajstić information content (AvgIpc) is 2.62. The molecular weight excluding hydrogens is 412 g/mol. The Bertz CT molecular complexity index is 819. The lowest BCUT2D eigenvalue weighted by Gasteiger charge is -2.25. The van der Waals surface area contributed by atoms with Crippen LogP contribution < -0.4 is 10.1 Å². The number of hydrogen-bond donors (Lipinski definition) is 1. The first-order valence-corrected chi connectivity index (χ1v) is 9.45. The lowest BCUT2D eigenvalue weighted by atomic mass is 9.85. The molecule has 27 heavy (non-hydrogen) atoms. The molecule has 0 bridgehead atoms. The second-order valence-electron chi connectivity index (χ2n) is 7.02. The van der Waals surface area contributed by atoms with E-state index in [4.69, 9.17) is 4.74 Å². The Hall–Kier alpha value is -2.41. The number of halogens is 1. The maximum atomic E-state index is 12.5. The molecule has 0 aliphatic carbocycles.